The number of carbonyl (C=O) groups excluding carboxylic acids is 1. The first-order valence-corrected chi connectivity index (χ1v) is 5.25. The first-order valence-electron chi connectivity index (χ1n) is 5.25. The number of fused-ring (bicyclic) bond motifs is 1. The van der Waals surface area contributed by atoms with Crippen molar-refractivity contribution < 1.29 is 19.7 Å². The molecule has 16 heavy (non-hydrogen) atoms. The zero-order valence-corrected chi connectivity index (χ0v) is 9.14. The second-order valence-electron chi connectivity index (χ2n) is 3.98. The van der Waals surface area contributed by atoms with E-state index in [1.165, 1.54) is 12.2 Å². The fraction of sp³-hybridized carbons (Fsp3) is 0.545. The molecule has 0 spiro atoms. The second kappa shape index (κ2) is 4.01. The molecular weight excluding hydrogens is 210 g/mol. The van der Waals surface area contributed by atoms with Gasteiger partial charge in [-0.05, 0) is 18.6 Å². The number of allylic oxidation sites excluding steroid dienone is 2. The standard InChI is InChI=1S/C11H15NO4/c1-8-7-11(15)10(6-9(8)14)12(2-4-13)3-5-16-11/h6-7,13,15H,2-5H2,1H3/t11-/m1/s1. The van der Waals surface area contributed by atoms with Crippen molar-refractivity contribution in [3.05, 3.63) is 23.4 Å². The average Bonchev–Trinajstić information content (AvgIpc) is 2.22. The molecule has 0 bridgehead atoms. The topological polar surface area (TPSA) is 70.0 Å². The SMILES string of the molecule is CC1=C[C@@]2(O)OCCN(CCO)C2=CC1=O. The van der Waals surface area contributed by atoms with Crippen LogP contribution in [0.5, 0.6) is 0 Å². The van der Waals surface area contributed by atoms with Gasteiger partial charge >= 0.3 is 0 Å². The third-order valence-corrected chi connectivity index (χ3v) is 2.83. The third kappa shape index (κ3) is 1.77. The van der Waals surface area contributed by atoms with Gasteiger partial charge in [-0.15, -0.1) is 0 Å². The fourth-order valence-electron chi connectivity index (χ4n) is 2.00. The monoisotopic (exact) mass is 225 g/mol. The minimum atomic E-state index is -1.51. The van der Waals surface area contributed by atoms with Crippen molar-refractivity contribution in [2.24, 2.45) is 0 Å². The molecule has 1 aliphatic heterocycles. The molecule has 88 valence electrons. The molecule has 5 nitrogen and oxygen atoms in total. The van der Waals surface area contributed by atoms with Crippen LogP contribution in [0.3, 0.4) is 0 Å². The van der Waals surface area contributed by atoms with Crippen molar-refractivity contribution >= 4 is 5.78 Å². The van der Waals surface area contributed by atoms with E-state index in [0.717, 1.165) is 0 Å². The first kappa shape index (κ1) is 11.3. The number of ketones is 1. The molecule has 0 radical (unpaired) electrons. The van der Waals surface area contributed by atoms with Crippen molar-refractivity contribution in [1.82, 2.24) is 4.90 Å². The molecule has 0 unspecified atom stereocenters. The zero-order chi connectivity index (χ0) is 11.8. The fourth-order valence-corrected chi connectivity index (χ4v) is 2.00. The lowest BCUT2D eigenvalue weighted by molar-refractivity contribution is -0.179. The van der Waals surface area contributed by atoms with Crippen LogP contribution >= 0.6 is 0 Å². The largest absolute Gasteiger partial charge is 0.395 e. The predicted octanol–water partition coefficient (Wildman–Crippen LogP) is -0.588. The lowest BCUT2D eigenvalue weighted by Gasteiger charge is -2.42. The number of rotatable bonds is 2. The number of hydrogen-bond donors (Lipinski definition) is 2. The first-order chi connectivity index (χ1) is 7.57. The van der Waals surface area contributed by atoms with E-state index in [0.29, 0.717) is 31.0 Å². The van der Waals surface area contributed by atoms with Crippen molar-refractivity contribution in [3.8, 4) is 0 Å². The van der Waals surface area contributed by atoms with Gasteiger partial charge in [0.2, 0.25) is 5.79 Å². The van der Waals surface area contributed by atoms with Gasteiger partial charge in [0.1, 0.15) is 0 Å². The summed E-state index contributed by atoms with van der Waals surface area (Å²) in [5, 5.41) is 19.2. The van der Waals surface area contributed by atoms with Crippen LogP contribution in [0, 0.1) is 0 Å². The molecule has 1 atom stereocenters. The molecule has 1 saturated heterocycles. The highest BCUT2D eigenvalue weighted by Gasteiger charge is 2.41. The Morgan fingerprint density at radius 1 is 1.62 bits per heavy atom. The number of morpholine rings is 1. The minimum Gasteiger partial charge on any atom is -0.395 e. The van der Waals surface area contributed by atoms with Gasteiger partial charge in [-0.2, -0.15) is 0 Å². The maximum Gasteiger partial charge on any atom is 0.228 e. The quantitative estimate of drug-likeness (QED) is 0.657. The van der Waals surface area contributed by atoms with Gasteiger partial charge in [0.15, 0.2) is 5.78 Å². The number of hydrogen-bond acceptors (Lipinski definition) is 5. The van der Waals surface area contributed by atoms with Gasteiger partial charge in [0, 0.05) is 19.2 Å². The van der Waals surface area contributed by atoms with Crippen LogP contribution in [0.1, 0.15) is 6.92 Å². The Labute approximate surface area is 93.6 Å². The summed E-state index contributed by atoms with van der Waals surface area (Å²) in [5.41, 5.74) is 0.889. The Bertz CT molecular complexity index is 372. The lowest BCUT2D eigenvalue weighted by atomic mass is 9.96. The Hall–Kier alpha value is -1.17. The van der Waals surface area contributed by atoms with Crippen molar-refractivity contribution in [3.63, 3.8) is 0 Å². The van der Waals surface area contributed by atoms with Crippen LogP contribution in [0.25, 0.3) is 0 Å². The van der Waals surface area contributed by atoms with E-state index < -0.39 is 5.79 Å². The Morgan fingerprint density at radius 3 is 3.06 bits per heavy atom. The van der Waals surface area contributed by atoms with E-state index in [1.54, 1.807) is 11.8 Å². The van der Waals surface area contributed by atoms with Gasteiger partial charge in [0.05, 0.1) is 18.9 Å². The van der Waals surface area contributed by atoms with E-state index in [-0.39, 0.29) is 12.4 Å². The van der Waals surface area contributed by atoms with E-state index >= 15 is 0 Å². The summed E-state index contributed by atoms with van der Waals surface area (Å²) in [5.74, 6) is -1.64. The smallest absolute Gasteiger partial charge is 0.228 e. The summed E-state index contributed by atoms with van der Waals surface area (Å²) in [6, 6.07) is 0. The van der Waals surface area contributed by atoms with Crippen LogP contribution < -0.4 is 0 Å². The van der Waals surface area contributed by atoms with Gasteiger partial charge < -0.3 is 19.8 Å². The molecule has 0 aromatic carbocycles. The molecule has 0 aromatic heterocycles. The summed E-state index contributed by atoms with van der Waals surface area (Å²) in [4.78, 5) is 13.3. The Morgan fingerprint density at radius 2 is 2.38 bits per heavy atom. The number of carbonyl (C=O) groups is 1. The third-order valence-electron chi connectivity index (χ3n) is 2.83. The summed E-state index contributed by atoms with van der Waals surface area (Å²) in [6.07, 6.45) is 2.80. The van der Waals surface area contributed by atoms with E-state index in [1.807, 2.05) is 0 Å². The van der Waals surface area contributed by atoms with Crippen LogP contribution in [-0.4, -0.2) is 53.0 Å². The normalized spacial score (nSPS) is 29.7. The summed E-state index contributed by atoms with van der Waals surface area (Å²) >= 11 is 0. The van der Waals surface area contributed by atoms with E-state index in [9.17, 15) is 9.90 Å². The highest BCUT2D eigenvalue weighted by atomic mass is 16.6. The van der Waals surface area contributed by atoms with Gasteiger partial charge in [0.25, 0.3) is 0 Å². The molecule has 2 N–H and O–H groups in total. The lowest BCUT2D eigenvalue weighted by Crippen LogP contribution is -2.51. The molecule has 1 heterocycles. The van der Waals surface area contributed by atoms with Crippen molar-refractivity contribution in [2.75, 3.05) is 26.3 Å². The summed E-state index contributed by atoms with van der Waals surface area (Å²) < 4.78 is 5.30. The minimum absolute atomic E-state index is 0.0235. The number of β-amino-alcohol motifs (C(OH)–C–C–N with tert-alkyl or cyclic N) is 1. The summed E-state index contributed by atoms with van der Waals surface area (Å²) in [6.45, 7) is 2.94. The Kier molecular flexibility index (Phi) is 2.84. The molecule has 0 aromatic rings. The number of aliphatic hydroxyl groups is 2. The van der Waals surface area contributed by atoms with Crippen LogP contribution in [0.15, 0.2) is 23.4 Å². The molecule has 0 saturated carbocycles. The number of ether oxygens (including phenoxy) is 1. The zero-order valence-electron chi connectivity index (χ0n) is 9.14. The van der Waals surface area contributed by atoms with Crippen LogP contribution in [-0.2, 0) is 9.53 Å². The second-order valence-corrected chi connectivity index (χ2v) is 3.98. The van der Waals surface area contributed by atoms with E-state index in [2.05, 4.69) is 0 Å². The highest BCUT2D eigenvalue weighted by Crippen LogP contribution is 2.32. The number of nitrogens with zero attached hydrogens (tertiary/aromatic N) is 1. The molecular formula is C11H15NO4. The van der Waals surface area contributed by atoms with Crippen LogP contribution in [0.4, 0.5) is 0 Å². The summed E-state index contributed by atoms with van der Waals surface area (Å²) in [7, 11) is 0. The molecule has 1 fully saturated rings. The molecule has 5 heteroatoms. The molecule has 2 aliphatic rings. The van der Waals surface area contributed by atoms with Crippen molar-refractivity contribution in [1.29, 1.82) is 0 Å². The van der Waals surface area contributed by atoms with E-state index in [4.69, 9.17) is 9.84 Å². The Balaban J connectivity index is 2.33. The van der Waals surface area contributed by atoms with Gasteiger partial charge in [-0.25, -0.2) is 0 Å². The molecule has 2 rings (SSSR count). The van der Waals surface area contributed by atoms with Gasteiger partial charge in [-0.1, -0.05) is 0 Å². The van der Waals surface area contributed by atoms with Gasteiger partial charge in [-0.3, -0.25) is 4.79 Å². The molecule has 0 amide bonds. The van der Waals surface area contributed by atoms with Crippen LogP contribution in [0.2, 0.25) is 0 Å². The van der Waals surface area contributed by atoms with Crippen molar-refractivity contribution in [2.45, 2.75) is 12.7 Å². The molecule has 1 aliphatic carbocycles. The maximum atomic E-state index is 11.5. The average molecular weight is 225 g/mol. The maximum absolute atomic E-state index is 11.5. The number of aliphatic hydroxyl groups excluding tert-OH is 1. The highest BCUT2D eigenvalue weighted by molar-refractivity contribution is 6.05. The predicted molar refractivity (Wildman–Crippen MR) is 56.4 cm³/mol.